The molecule has 3 fully saturated rings. The van der Waals surface area contributed by atoms with Gasteiger partial charge in [-0.3, -0.25) is 32.0 Å². The first-order valence-electron chi connectivity index (χ1n) is 17.4. The quantitative estimate of drug-likeness (QED) is 0.122. The normalized spacial score (nSPS) is 32.5. The zero-order valence-corrected chi connectivity index (χ0v) is 34.1. The van der Waals surface area contributed by atoms with Crippen molar-refractivity contribution in [2.45, 2.75) is 88.8 Å². The minimum atomic E-state index is -3.72. The van der Waals surface area contributed by atoms with Crippen LogP contribution in [0.3, 0.4) is 0 Å². The van der Waals surface area contributed by atoms with Gasteiger partial charge in [0, 0.05) is 55.2 Å². The molecule has 7 rings (SSSR count). The number of ether oxygens (including phenoxy) is 2. The second-order valence-corrected chi connectivity index (χ2v) is 23.4. The van der Waals surface area contributed by atoms with E-state index in [4.69, 9.17) is 54.9 Å². The Balaban J connectivity index is 1.28. The number of hydrogen-bond donors (Lipinski definition) is 1. The summed E-state index contributed by atoms with van der Waals surface area (Å²) in [5.41, 5.74) is -0.553. The highest BCUT2D eigenvalue weighted by Gasteiger charge is 2.55. The monoisotopic (exact) mass is 823 g/mol. The van der Waals surface area contributed by atoms with Crippen molar-refractivity contribution < 1.29 is 41.4 Å². The largest absolute Gasteiger partial charge is 0.407 e. The molecule has 22 heteroatoms. The lowest BCUT2D eigenvalue weighted by atomic mass is 10.0. The molecule has 3 saturated heterocycles. The molecule has 4 aromatic heterocycles. The Labute approximate surface area is 318 Å². The van der Waals surface area contributed by atoms with Gasteiger partial charge >= 0.3 is 15.3 Å². The SMILES string of the molecule is [C-]#[N+]CCOP1(=S)OC[C@H]2O[C@@H](n3ccc(=O)n4ccnc34)[C@H](OP(O)OC[C@H]3O[C@@H](n4ccc(=O)n5ccnc45)[C@H](O[Si](C)(C)C(C)(C)C)[C@@H]3O1)[C@@H]2C. The maximum Gasteiger partial charge on any atom is 0.330 e. The summed E-state index contributed by atoms with van der Waals surface area (Å²) in [4.78, 5) is 48.8. The van der Waals surface area contributed by atoms with Gasteiger partial charge in [0.25, 0.3) is 11.1 Å². The van der Waals surface area contributed by atoms with Gasteiger partial charge < -0.3 is 41.7 Å². The first-order chi connectivity index (χ1) is 25.6. The number of hydrogen-bond acceptors (Lipinski definition) is 14. The predicted octanol–water partition coefficient (Wildman–Crippen LogP) is 4.02. The van der Waals surface area contributed by atoms with Crippen LogP contribution in [-0.4, -0.2) is 98.0 Å². The lowest BCUT2D eigenvalue weighted by Gasteiger charge is -2.41. The van der Waals surface area contributed by atoms with Crippen molar-refractivity contribution in [2.24, 2.45) is 5.92 Å². The van der Waals surface area contributed by atoms with Crippen LogP contribution in [-0.2, 0) is 48.3 Å². The van der Waals surface area contributed by atoms with Gasteiger partial charge in [0.2, 0.25) is 18.1 Å². The molecule has 4 aromatic rings. The third-order valence-corrected chi connectivity index (χ3v) is 18.0. The van der Waals surface area contributed by atoms with E-state index in [1.807, 2.05) is 6.92 Å². The number of imidazole rings is 2. The fraction of sp³-hybridized carbons (Fsp3) is 0.594. The molecule has 0 saturated carbocycles. The Bertz CT molecular complexity index is 2200. The van der Waals surface area contributed by atoms with Crippen molar-refractivity contribution in [1.82, 2.24) is 27.9 Å². The lowest BCUT2D eigenvalue weighted by Crippen LogP contribution is -2.49. The number of aromatic nitrogens is 6. The molecule has 0 aliphatic carbocycles. The second-order valence-electron chi connectivity index (χ2n) is 14.8. The van der Waals surface area contributed by atoms with Crippen molar-refractivity contribution >= 4 is 47.0 Å². The summed E-state index contributed by atoms with van der Waals surface area (Å²) in [5, 5.41) is -0.241. The van der Waals surface area contributed by atoms with Crippen LogP contribution in [0.1, 0.15) is 40.2 Å². The third kappa shape index (κ3) is 7.55. The van der Waals surface area contributed by atoms with Gasteiger partial charge in [-0.05, 0) is 29.9 Å². The molecule has 7 heterocycles. The Morgan fingerprint density at radius 1 is 1.00 bits per heavy atom. The van der Waals surface area contributed by atoms with Crippen LogP contribution < -0.4 is 11.1 Å². The zero-order chi connectivity index (χ0) is 38.6. The van der Waals surface area contributed by atoms with Crippen molar-refractivity contribution in [3.8, 4) is 0 Å². The fourth-order valence-electron chi connectivity index (χ4n) is 6.43. The minimum Gasteiger partial charge on any atom is -0.407 e. The summed E-state index contributed by atoms with van der Waals surface area (Å²) in [5.74, 6) is 0.223. The standard InChI is InChI=1S/C32H43N7O11P2SSi/c1-20-21-19-45-52(53,44-17-12-33-5)49-26-22(18-43-51(42)48-25(20)28(46-21)38-13-8-23(40)36-15-10-34-30(36)38)47-29(27(26)50-54(6,7)32(2,3)4)39-14-9-24(41)37-16-11-35-31(37)39/h8-11,13-16,20-22,25-29,42H,12,17-19H2,1-4,6-7H3/t20-,21-,22-,25-,26-,27-,28-,29-,51?,52?/m1/s1. The van der Waals surface area contributed by atoms with E-state index in [2.05, 4.69) is 48.7 Å². The molecule has 54 heavy (non-hydrogen) atoms. The number of nitrogens with zero attached hydrogens (tertiary/aromatic N) is 7. The van der Waals surface area contributed by atoms with E-state index in [0.717, 1.165) is 0 Å². The Hall–Kier alpha value is -2.73. The van der Waals surface area contributed by atoms with Gasteiger partial charge in [-0.15, -0.1) is 0 Å². The molecular weight excluding hydrogens is 780 g/mol. The summed E-state index contributed by atoms with van der Waals surface area (Å²) < 4.78 is 58.0. The molecule has 3 aliphatic rings. The minimum absolute atomic E-state index is 0.0103. The first-order valence-corrected chi connectivity index (χ1v) is 24.0. The highest BCUT2D eigenvalue weighted by molar-refractivity contribution is 8.07. The van der Waals surface area contributed by atoms with Gasteiger partial charge in [0.1, 0.15) is 31.0 Å². The first kappa shape index (κ1) is 39.5. The van der Waals surface area contributed by atoms with E-state index in [1.165, 1.54) is 33.3 Å². The third-order valence-electron chi connectivity index (χ3n) is 10.4. The molecule has 0 spiro atoms. The second kappa shape index (κ2) is 15.3. The molecule has 3 aliphatic heterocycles. The Kier molecular flexibility index (Phi) is 11.2. The number of rotatable bonds is 7. The van der Waals surface area contributed by atoms with Crippen molar-refractivity contribution in [1.29, 1.82) is 0 Å². The molecule has 0 radical (unpaired) electrons. The summed E-state index contributed by atoms with van der Waals surface area (Å²) in [6.45, 7) is 15.6. The van der Waals surface area contributed by atoms with E-state index in [9.17, 15) is 14.5 Å². The predicted molar refractivity (Wildman–Crippen MR) is 200 cm³/mol. The van der Waals surface area contributed by atoms with Crippen molar-refractivity contribution in [3.63, 3.8) is 0 Å². The highest BCUT2D eigenvalue weighted by atomic mass is 32.5. The van der Waals surface area contributed by atoms with Gasteiger partial charge in [-0.2, -0.15) is 0 Å². The van der Waals surface area contributed by atoms with Crippen LogP contribution in [0.15, 0.2) is 58.9 Å². The molecule has 0 amide bonds. The van der Waals surface area contributed by atoms with E-state index in [0.29, 0.717) is 11.6 Å². The van der Waals surface area contributed by atoms with Gasteiger partial charge in [0.05, 0.1) is 19.3 Å². The molecule has 2 unspecified atom stereocenters. The highest BCUT2D eigenvalue weighted by Crippen LogP contribution is 2.56. The average Bonchev–Trinajstić information content (AvgIpc) is 3.92. The van der Waals surface area contributed by atoms with Crippen LogP contribution in [0.2, 0.25) is 18.1 Å². The van der Waals surface area contributed by atoms with Crippen LogP contribution in [0.5, 0.6) is 0 Å². The summed E-state index contributed by atoms with van der Waals surface area (Å²) in [6.07, 6.45) is 3.27. The number of fused-ring (bicyclic) bond motifs is 5. The van der Waals surface area contributed by atoms with E-state index >= 15 is 0 Å². The van der Waals surface area contributed by atoms with Crippen LogP contribution >= 0.6 is 15.3 Å². The molecule has 10 atom stereocenters. The van der Waals surface area contributed by atoms with E-state index in [1.54, 1.807) is 33.9 Å². The molecule has 2 bridgehead atoms. The van der Waals surface area contributed by atoms with Crippen LogP contribution in [0, 0.1) is 12.5 Å². The summed E-state index contributed by atoms with van der Waals surface area (Å²) in [7, 11) is -5.14. The Morgan fingerprint density at radius 2 is 1.61 bits per heavy atom. The zero-order valence-electron chi connectivity index (χ0n) is 30.5. The topological polar surface area (TPSA) is 177 Å². The smallest absolute Gasteiger partial charge is 0.330 e. The van der Waals surface area contributed by atoms with Crippen molar-refractivity contribution in [2.75, 3.05) is 26.4 Å². The van der Waals surface area contributed by atoms with Gasteiger partial charge in [-0.1, -0.05) is 27.7 Å². The molecule has 1 N–H and O–H groups in total. The van der Waals surface area contributed by atoms with Crippen molar-refractivity contribution in [3.05, 3.63) is 81.4 Å². The van der Waals surface area contributed by atoms with Crippen LogP contribution in [0.4, 0.5) is 0 Å². The maximum atomic E-state index is 12.7. The van der Waals surface area contributed by atoms with E-state index < -0.39 is 72.5 Å². The summed E-state index contributed by atoms with van der Waals surface area (Å²) >= 11 is 6.07. The molecule has 18 nitrogen and oxygen atoms in total. The molecule has 292 valence electrons. The van der Waals surface area contributed by atoms with Crippen LogP contribution in [0.25, 0.3) is 16.4 Å². The Morgan fingerprint density at radius 3 is 2.22 bits per heavy atom. The molecular formula is C32H43N7O11P2SSi. The molecule has 0 aromatic carbocycles. The van der Waals surface area contributed by atoms with Gasteiger partial charge in [0.15, 0.2) is 20.8 Å². The van der Waals surface area contributed by atoms with E-state index in [-0.39, 0.29) is 42.5 Å². The average molecular weight is 824 g/mol. The maximum absolute atomic E-state index is 12.7. The van der Waals surface area contributed by atoms with Gasteiger partial charge in [-0.25, -0.2) is 16.5 Å². The lowest BCUT2D eigenvalue weighted by molar-refractivity contribution is -0.0612. The summed E-state index contributed by atoms with van der Waals surface area (Å²) in [6, 6.07) is 2.79. The fourth-order valence-corrected chi connectivity index (χ4v) is 10.6.